The van der Waals surface area contributed by atoms with Crippen molar-refractivity contribution >= 4 is 22.5 Å². The molecule has 1 amide bonds. The van der Waals surface area contributed by atoms with Crippen molar-refractivity contribution in [2.45, 2.75) is 26.2 Å². The van der Waals surface area contributed by atoms with Crippen LogP contribution in [0.3, 0.4) is 0 Å². The quantitative estimate of drug-likeness (QED) is 0.804. The number of carbonyl (C=O) groups is 1. The number of anilines is 1. The lowest BCUT2D eigenvalue weighted by Crippen LogP contribution is -2.47. The third-order valence-electron chi connectivity index (χ3n) is 4.44. The van der Waals surface area contributed by atoms with Crippen molar-refractivity contribution in [3.63, 3.8) is 0 Å². The summed E-state index contributed by atoms with van der Waals surface area (Å²) in [6, 6.07) is 7.99. The largest absolute Gasteiger partial charge is 0.361 e. The number of amides is 1. The normalized spacial score (nSPS) is 22.9. The molecule has 1 saturated heterocycles. The molecule has 1 atom stereocenters. The van der Waals surface area contributed by atoms with Crippen molar-refractivity contribution < 1.29 is 4.79 Å². The zero-order chi connectivity index (χ0) is 14.0. The fraction of sp³-hybridized carbons (Fsp3) is 0.438. The van der Waals surface area contributed by atoms with Gasteiger partial charge in [-0.05, 0) is 50.1 Å². The van der Waals surface area contributed by atoms with Gasteiger partial charge in [0, 0.05) is 29.3 Å². The Morgan fingerprint density at radius 2 is 2.30 bits per heavy atom. The van der Waals surface area contributed by atoms with Crippen LogP contribution in [0.4, 0.5) is 5.69 Å². The van der Waals surface area contributed by atoms with Crippen LogP contribution in [0.1, 0.15) is 26.2 Å². The van der Waals surface area contributed by atoms with E-state index in [1.165, 1.54) is 0 Å². The van der Waals surface area contributed by atoms with Crippen LogP contribution in [-0.4, -0.2) is 24.0 Å². The molecule has 2 heterocycles. The molecular weight excluding hydrogens is 250 g/mol. The number of nitrogens with one attached hydrogen (secondary N) is 3. The van der Waals surface area contributed by atoms with Gasteiger partial charge in [0.15, 0.2) is 0 Å². The second kappa shape index (κ2) is 5.29. The predicted octanol–water partition coefficient (Wildman–Crippen LogP) is 2.89. The highest BCUT2D eigenvalue weighted by Gasteiger charge is 2.37. The van der Waals surface area contributed by atoms with E-state index in [4.69, 9.17) is 0 Å². The Bertz CT molecular complexity index is 611. The van der Waals surface area contributed by atoms with Gasteiger partial charge in [-0.2, -0.15) is 0 Å². The molecule has 106 valence electrons. The summed E-state index contributed by atoms with van der Waals surface area (Å²) < 4.78 is 0. The maximum Gasteiger partial charge on any atom is 0.231 e. The number of H-pyrrole nitrogens is 1. The maximum atomic E-state index is 12.6. The minimum atomic E-state index is -0.259. The first-order valence-corrected chi connectivity index (χ1v) is 7.33. The molecule has 0 aliphatic carbocycles. The third kappa shape index (κ3) is 2.31. The minimum Gasteiger partial charge on any atom is -0.361 e. The van der Waals surface area contributed by atoms with Crippen LogP contribution in [0, 0.1) is 5.41 Å². The Hall–Kier alpha value is -1.81. The van der Waals surface area contributed by atoms with Gasteiger partial charge >= 0.3 is 0 Å². The minimum absolute atomic E-state index is 0.141. The zero-order valence-electron chi connectivity index (χ0n) is 11.8. The number of fused-ring (bicyclic) bond motifs is 1. The van der Waals surface area contributed by atoms with Crippen molar-refractivity contribution in [1.82, 2.24) is 10.3 Å². The first kappa shape index (κ1) is 13.2. The van der Waals surface area contributed by atoms with Gasteiger partial charge in [0.25, 0.3) is 0 Å². The number of piperidine rings is 1. The summed E-state index contributed by atoms with van der Waals surface area (Å²) in [7, 11) is 0. The molecule has 0 spiro atoms. The summed E-state index contributed by atoms with van der Waals surface area (Å²) in [6.45, 7) is 3.90. The number of hydrogen-bond acceptors (Lipinski definition) is 2. The molecule has 20 heavy (non-hydrogen) atoms. The lowest BCUT2D eigenvalue weighted by atomic mass is 9.77. The van der Waals surface area contributed by atoms with E-state index in [1.54, 1.807) is 0 Å². The summed E-state index contributed by atoms with van der Waals surface area (Å²) in [5, 5.41) is 7.57. The van der Waals surface area contributed by atoms with Crippen LogP contribution in [0.15, 0.2) is 30.5 Å². The second-order valence-electron chi connectivity index (χ2n) is 5.65. The lowest BCUT2D eigenvalue weighted by Gasteiger charge is -2.35. The Morgan fingerprint density at radius 3 is 3.05 bits per heavy atom. The van der Waals surface area contributed by atoms with Crippen molar-refractivity contribution in [1.29, 1.82) is 0 Å². The van der Waals surface area contributed by atoms with E-state index < -0.39 is 0 Å². The molecule has 0 saturated carbocycles. The molecule has 1 fully saturated rings. The highest BCUT2D eigenvalue weighted by Crippen LogP contribution is 2.32. The third-order valence-corrected chi connectivity index (χ3v) is 4.44. The van der Waals surface area contributed by atoms with E-state index in [0.717, 1.165) is 48.9 Å². The number of rotatable bonds is 3. The maximum absolute atomic E-state index is 12.6. The summed E-state index contributed by atoms with van der Waals surface area (Å²) >= 11 is 0. The molecule has 1 aromatic carbocycles. The highest BCUT2D eigenvalue weighted by atomic mass is 16.2. The van der Waals surface area contributed by atoms with Crippen LogP contribution in [-0.2, 0) is 4.79 Å². The monoisotopic (exact) mass is 271 g/mol. The van der Waals surface area contributed by atoms with Crippen molar-refractivity contribution in [3.05, 3.63) is 30.5 Å². The van der Waals surface area contributed by atoms with Crippen LogP contribution in [0.2, 0.25) is 0 Å². The number of aromatic nitrogens is 1. The van der Waals surface area contributed by atoms with E-state index in [1.807, 2.05) is 30.5 Å². The van der Waals surface area contributed by atoms with Crippen LogP contribution in [0.5, 0.6) is 0 Å². The fourth-order valence-electron chi connectivity index (χ4n) is 3.02. The number of benzene rings is 1. The van der Waals surface area contributed by atoms with Crippen molar-refractivity contribution in [3.8, 4) is 0 Å². The zero-order valence-corrected chi connectivity index (χ0v) is 11.8. The van der Waals surface area contributed by atoms with Crippen LogP contribution < -0.4 is 10.6 Å². The van der Waals surface area contributed by atoms with Gasteiger partial charge in [0.1, 0.15) is 0 Å². The Balaban J connectivity index is 1.80. The summed E-state index contributed by atoms with van der Waals surface area (Å²) in [4.78, 5) is 15.8. The second-order valence-corrected chi connectivity index (χ2v) is 5.65. The van der Waals surface area contributed by atoms with E-state index in [9.17, 15) is 4.79 Å². The highest BCUT2D eigenvalue weighted by molar-refractivity contribution is 5.97. The molecule has 3 N–H and O–H groups in total. The van der Waals surface area contributed by atoms with E-state index in [0.29, 0.717) is 0 Å². The van der Waals surface area contributed by atoms with Crippen molar-refractivity contribution in [2.24, 2.45) is 5.41 Å². The molecule has 1 unspecified atom stereocenters. The topological polar surface area (TPSA) is 56.9 Å². The van der Waals surface area contributed by atoms with Gasteiger partial charge in [0.2, 0.25) is 5.91 Å². The molecule has 1 aliphatic heterocycles. The molecule has 2 aromatic rings. The van der Waals surface area contributed by atoms with Crippen LogP contribution >= 0.6 is 0 Å². The molecule has 1 aromatic heterocycles. The summed E-state index contributed by atoms with van der Waals surface area (Å²) in [5.74, 6) is 0.141. The molecule has 4 nitrogen and oxygen atoms in total. The van der Waals surface area contributed by atoms with E-state index >= 15 is 0 Å². The SMILES string of the molecule is CCC1(C(=O)Nc2ccc3[nH]ccc3c2)CCCNC1. The molecule has 4 heteroatoms. The van der Waals surface area contributed by atoms with Gasteiger partial charge in [-0.3, -0.25) is 4.79 Å². The molecule has 1 aliphatic rings. The Labute approximate surface area is 118 Å². The average Bonchev–Trinajstić information content (AvgIpc) is 2.95. The first-order chi connectivity index (χ1) is 9.73. The summed E-state index contributed by atoms with van der Waals surface area (Å²) in [5.41, 5.74) is 1.71. The predicted molar refractivity (Wildman–Crippen MR) is 81.8 cm³/mol. The van der Waals surface area contributed by atoms with Gasteiger partial charge in [-0.15, -0.1) is 0 Å². The van der Waals surface area contributed by atoms with Gasteiger partial charge < -0.3 is 15.6 Å². The molecule has 3 rings (SSSR count). The van der Waals surface area contributed by atoms with Crippen LogP contribution in [0.25, 0.3) is 10.9 Å². The number of hydrogen-bond donors (Lipinski definition) is 3. The first-order valence-electron chi connectivity index (χ1n) is 7.33. The molecule has 0 radical (unpaired) electrons. The fourth-order valence-corrected chi connectivity index (χ4v) is 3.02. The van der Waals surface area contributed by atoms with Gasteiger partial charge in [0.05, 0.1) is 5.41 Å². The van der Waals surface area contributed by atoms with E-state index in [2.05, 4.69) is 22.5 Å². The average molecular weight is 271 g/mol. The number of aromatic amines is 1. The summed E-state index contributed by atoms with van der Waals surface area (Å²) in [6.07, 6.45) is 4.82. The molecule has 0 bridgehead atoms. The lowest BCUT2D eigenvalue weighted by molar-refractivity contribution is -0.126. The Kier molecular flexibility index (Phi) is 3.49. The van der Waals surface area contributed by atoms with Gasteiger partial charge in [-0.25, -0.2) is 0 Å². The smallest absolute Gasteiger partial charge is 0.231 e. The van der Waals surface area contributed by atoms with E-state index in [-0.39, 0.29) is 11.3 Å². The number of carbonyl (C=O) groups excluding carboxylic acids is 1. The standard InChI is InChI=1S/C16H21N3O/c1-2-16(7-3-8-17-11-16)15(20)19-13-4-5-14-12(10-13)6-9-18-14/h4-6,9-10,17-18H,2-3,7-8,11H2,1H3,(H,19,20). The van der Waals surface area contributed by atoms with Crippen molar-refractivity contribution in [2.75, 3.05) is 18.4 Å². The van der Waals surface area contributed by atoms with Gasteiger partial charge in [-0.1, -0.05) is 6.92 Å². The Morgan fingerprint density at radius 1 is 1.40 bits per heavy atom. The molecular formula is C16H21N3O.